The second kappa shape index (κ2) is 5.39. The van der Waals surface area contributed by atoms with Crippen LogP contribution in [0.1, 0.15) is 12.8 Å². The van der Waals surface area contributed by atoms with Gasteiger partial charge in [0.25, 0.3) is 0 Å². The van der Waals surface area contributed by atoms with Crippen molar-refractivity contribution in [2.45, 2.75) is 18.9 Å². The van der Waals surface area contributed by atoms with E-state index in [4.69, 9.17) is 14.6 Å². The molecule has 14 heavy (non-hydrogen) atoms. The maximum atomic E-state index is 10.8. The fourth-order valence-corrected chi connectivity index (χ4v) is 0.906. The predicted octanol–water partition coefficient (Wildman–Crippen LogP) is 0.349. The SMILES string of the molecule is O=C(O)/C=C/C(=O)OCCCC1CO1. The van der Waals surface area contributed by atoms with Gasteiger partial charge in [-0.05, 0) is 12.8 Å². The minimum Gasteiger partial charge on any atom is -0.478 e. The number of carbonyl (C=O) groups excluding carboxylic acids is 1. The van der Waals surface area contributed by atoms with E-state index in [0.29, 0.717) is 12.7 Å². The first-order valence-electron chi connectivity index (χ1n) is 4.38. The minimum absolute atomic E-state index is 0.308. The van der Waals surface area contributed by atoms with Gasteiger partial charge in [0.1, 0.15) is 0 Å². The first-order chi connectivity index (χ1) is 6.68. The molecule has 0 saturated carbocycles. The van der Waals surface area contributed by atoms with Gasteiger partial charge in [-0.1, -0.05) is 0 Å². The highest BCUT2D eigenvalue weighted by Crippen LogP contribution is 2.14. The number of hydrogen-bond donors (Lipinski definition) is 1. The Labute approximate surface area is 81.3 Å². The average molecular weight is 200 g/mol. The van der Waals surface area contributed by atoms with Crippen molar-refractivity contribution in [3.8, 4) is 0 Å². The highest BCUT2D eigenvalue weighted by atomic mass is 16.6. The number of hydrogen-bond acceptors (Lipinski definition) is 4. The van der Waals surface area contributed by atoms with Gasteiger partial charge in [0, 0.05) is 12.2 Å². The van der Waals surface area contributed by atoms with E-state index in [-0.39, 0.29) is 0 Å². The van der Waals surface area contributed by atoms with Crippen LogP contribution in [0.3, 0.4) is 0 Å². The number of epoxide rings is 1. The summed E-state index contributed by atoms with van der Waals surface area (Å²) in [6.45, 7) is 1.11. The zero-order valence-corrected chi connectivity index (χ0v) is 7.64. The van der Waals surface area contributed by atoms with Crippen LogP contribution in [0.25, 0.3) is 0 Å². The standard InChI is InChI=1S/C9H12O5/c10-8(11)3-4-9(12)13-5-1-2-7-6-14-7/h3-4,7H,1-2,5-6H2,(H,10,11)/b4-3+. The number of carboxylic acids is 1. The van der Waals surface area contributed by atoms with Crippen LogP contribution in [0.15, 0.2) is 12.2 Å². The molecule has 1 saturated heterocycles. The predicted molar refractivity (Wildman–Crippen MR) is 46.7 cm³/mol. The number of rotatable bonds is 6. The first kappa shape index (κ1) is 10.7. The molecular formula is C9H12O5. The van der Waals surface area contributed by atoms with Gasteiger partial charge in [0.15, 0.2) is 0 Å². The van der Waals surface area contributed by atoms with Crippen LogP contribution in [0, 0.1) is 0 Å². The molecule has 0 aromatic rings. The summed E-state index contributed by atoms with van der Waals surface area (Å²) in [6, 6.07) is 0. The summed E-state index contributed by atoms with van der Waals surface area (Å²) in [5.74, 6) is -1.78. The van der Waals surface area contributed by atoms with E-state index in [1.165, 1.54) is 0 Å². The molecule has 1 aliphatic rings. The van der Waals surface area contributed by atoms with E-state index < -0.39 is 11.9 Å². The van der Waals surface area contributed by atoms with Gasteiger partial charge in [-0.3, -0.25) is 0 Å². The van der Waals surface area contributed by atoms with Gasteiger partial charge in [-0.25, -0.2) is 9.59 Å². The number of ether oxygens (including phenoxy) is 2. The number of aliphatic carboxylic acids is 1. The Balaban J connectivity index is 1.99. The van der Waals surface area contributed by atoms with Crippen LogP contribution in [0.5, 0.6) is 0 Å². The molecule has 0 bridgehead atoms. The third kappa shape index (κ3) is 5.31. The quantitative estimate of drug-likeness (QED) is 0.290. The molecule has 1 aliphatic heterocycles. The van der Waals surface area contributed by atoms with Crippen molar-refractivity contribution in [1.82, 2.24) is 0 Å². The molecule has 0 aliphatic carbocycles. The Morgan fingerprint density at radius 3 is 2.79 bits per heavy atom. The fourth-order valence-electron chi connectivity index (χ4n) is 0.906. The van der Waals surface area contributed by atoms with Crippen molar-refractivity contribution < 1.29 is 24.2 Å². The van der Waals surface area contributed by atoms with Gasteiger partial charge in [0.05, 0.1) is 19.3 Å². The normalized spacial score (nSPS) is 19.6. The second-order valence-corrected chi connectivity index (χ2v) is 2.94. The summed E-state index contributed by atoms with van der Waals surface area (Å²) in [5, 5.41) is 8.20. The Morgan fingerprint density at radius 2 is 2.21 bits per heavy atom. The smallest absolute Gasteiger partial charge is 0.331 e. The van der Waals surface area contributed by atoms with Crippen LogP contribution < -0.4 is 0 Å². The number of carbonyl (C=O) groups is 2. The zero-order chi connectivity index (χ0) is 10.4. The Hall–Kier alpha value is -1.36. The lowest BCUT2D eigenvalue weighted by atomic mass is 10.3. The maximum absolute atomic E-state index is 10.8. The van der Waals surface area contributed by atoms with Gasteiger partial charge >= 0.3 is 11.9 Å². The lowest BCUT2D eigenvalue weighted by molar-refractivity contribution is -0.138. The third-order valence-corrected chi connectivity index (χ3v) is 1.68. The highest BCUT2D eigenvalue weighted by Gasteiger charge is 2.21. The van der Waals surface area contributed by atoms with E-state index in [0.717, 1.165) is 31.6 Å². The van der Waals surface area contributed by atoms with Crippen LogP contribution in [0.2, 0.25) is 0 Å². The van der Waals surface area contributed by atoms with E-state index in [9.17, 15) is 9.59 Å². The van der Waals surface area contributed by atoms with Crippen molar-refractivity contribution in [3.63, 3.8) is 0 Å². The molecule has 1 unspecified atom stereocenters. The second-order valence-electron chi connectivity index (χ2n) is 2.94. The molecule has 1 rings (SSSR count). The maximum Gasteiger partial charge on any atom is 0.331 e. The van der Waals surface area contributed by atoms with Crippen LogP contribution in [-0.2, 0) is 19.1 Å². The van der Waals surface area contributed by atoms with E-state index in [2.05, 4.69) is 0 Å². The van der Waals surface area contributed by atoms with Crippen molar-refractivity contribution in [3.05, 3.63) is 12.2 Å². The average Bonchev–Trinajstić information content (AvgIpc) is 2.92. The summed E-state index contributed by atoms with van der Waals surface area (Å²) in [7, 11) is 0. The molecule has 0 radical (unpaired) electrons. The lowest BCUT2D eigenvalue weighted by Crippen LogP contribution is -2.04. The Bertz CT molecular complexity index is 242. The molecule has 1 fully saturated rings. The van der Waals surface area contributed by atoms with Crippen molar-refractivity contribution in [2.75, 3.05) is 13.2 Å². The van der Waals surface area contributed by atoms with Crippen molar-refractivity contribution in [1.29, 1.82) is 0 Å². The molecular weight excluding hydrogens is 188 g/mol. The topological polar surface area (TPSA) is 76.1 Å². The molecule has 78 valence electrons. The highest BCUT2D eigenvalue weighted by molar-refractivity contribution is 5.90. The van der Waals surface area contributed by atoms with Crippen LogP contribution in [-0.4, -0.2) is 36.4 Å². The first-order valence-corrected chi connectivity index (χ1v) is 4.38. The molecule has 1 atom stereocenters. The minimum atomic E-state index is -1.16. The Morgan fingerprint density at radius 1 is 1.50 bits per heavy atom. The molecule has 0 aromatic heterocycles. The molecule has 5 heteroatoms. The van der Waals surface area contributed by atoms with Gasteiger partial charge < -0.3 is 14.6 Å². The van der Waals surface area contributed by atoms with Gasteiger partial charge in [0.2, 0.25) is 0 Å². The van der Waals surface area contributed by atoms with Crippen LogP contribution >= 0.6 is 0 Å². The monoisotopic (exact) mass is 200 g/mol. The Kier molecular flexibility index (Phi) is 4.12. The largest absolute Gasteiger partial charge is 0.478 e. The number of carboxylic acid groups (broad SMARTS) is 1. The van der Waals surface area contributed by atoms with Gasteiger partial charge in [-0.15, -0.1) is 0 Å². The summed E-state index contributed by atoms with van der Waals surface area (Å²) < 4.78 is 9.69. The van der Waals surface area contributed by atoms with E-state index in [1.54, 1.807) is 0 Å². The molecule has 0 spiro atoms. The molecule has 5 nitrogen and oxygen atoms in total. The number of esters is 1. The zero-order valence-electron chi connectivity index (χ0n) is 7.64. The molecule has 0 amide bonds. The third-order valence-electron chi connectivity index (χ3n) is 1.68. The summed E-state index contributed by atoms with van der Waals surface area (Å²) in [5.41, 5.74) is 0. The summed E-state index contributed by atoms with van der Waals surface area (Å²) >= 11 is 0. The van der Waals surface area contributed by atoms with Gasteiger partial charge in [-0.2, -0.15) is 0 Å². The van der Waals surface area contributed by atoms with Crippen LogP contribution in [0.4, 0.5) is 0 Å². The van der Waals surface area contributed by atoms with Crippen molar-refractivity contribution >= 4 is 11.9 Å². The lowest BCUT2D eigenvalue weighted by Gasteiger charge is -1.99. The molecule has 1 N–H and O–H groups in total. The molecule has 0 aromatic carbocycles. The molecule has 1 heterocycles. The summed E-state index contributed by atoms with van der Waals surface area (Å²) in [4.78, 5) is 20.8. The van der Waals surface area contributed by atoms with Crippen molar-refractivity contribution in [2.24, 2.45) is 0 Å². The fraction of sp³-hybridized carbons (Fsp3) is 0.556. The van der Waals surface area contributed by atoms with E-state index >= 15 is 0 Å². The summed E-state index contributed by atoms with van der Waals surface area (Å²) in [6.07, 6.45) is 3.62. The van der Waals surface area contributed by atoms with E-state index in [1.807, 2.05) is 0 Å².